The van der Waals surface area contributed by atoms with Gasteiger partial charge in [0.1, 0.15) is 13.2 Å². The predicted molar refractivity (Wildman–Crippen MR) is 119 cm³/mol. The largest absolute Gasteiger partial charge is 0.445 e. The van der Waals surface area contributed by atoms with E-state index in [1.54, 1.807) is 4.90 Å². The van der Waals surface area contributed by atoms with Gasteiger partial charge in [0.2, 0.25) is 5.91 Å². The summed E-state index contributed by atoms with van der Waals surface area (Å²) in [6, 6.07) is 11.4. The van der Waals surface area contributed by atoms with Crippen LogP contribution in [0.1, 0.15) is 49.9 Å². The molecule has 1 aromatic heterocycles. The highest BCUT2D eigenvalue weighted by Crippen LogP contribution is 2.23. The summed E-state index contributed by atoms with van der Waals surface area (Å²) in [6.07, 6.45) is 3.19. The Bertz CT molecular complexity index is 1030. The Balaban J connectivity index is 1.40. The number of hydrogen-bond acceptors (Lipinski definition) is 5. The zero-order valence-electron chi connectivity index (χ0n) is 18.7. The molecule has 0 bridgehead atoms. The van der Waals surface area contributed by atoms with Gasteiger partial charge in [0.25, 0.3) is 5.56 Å². The summed E-state index contributed by atoms with van der Waals surface area (Å²) in [6.45, 7) is 5.01. The number of piperidine rings is 1. The molecule has 2 aliphatic rings. The number of nitrogens with zero attached hydrogens (tertiary/aromatic N) is 4. The SMILES string of the molecule is CC1CCCC(C)N1C(=O)Cn1nc2c(cc1=O)CN(C(=O)OCc1ccccc1)CC2. The third-order valence-corrected chi connectivity index (χ3v) is 6.37. The Morgan fingerprint density at radius 2 is 1.84 bits per heavy atom. The van der Waals surface area contributed by atoms with Crippen molar-refractivity contribution in [3.8, 4) is 0 Å². The van der Waals surface area contributed by atoms with Crippen LogP contribution in [-0.4, -0.2) is 50.2 Å². The highest BCUT2D eigenvalue weighted by Gasteiger charge is 2.30. The van der Waals surface area contributed by atoms with Crippen LogP contribution in [-0.2, 0) is 35.6 Å². The zero-order chi connectivity index (χ0) is 22.7. The lowest BCUT2D eigenvalue weighted by atomic mass is 9.97. The third-order valence-electron chi connectivity index (χ3n) is 6.37. The Morgan fingerprint density at radius 3 is 2.56 bits per heavy atom. The minimum Gasteiger partial charge on any atom is -0.445 e. The van der Waals surface area contributed by atoms with Gasteiger partial charge in [0.15, 0.2) is 0 Å². The fourth-order valence-electron chi connectivity index (χ4n) is 4.64. The average Bonchev–Trinajstić information content (AvgIpc) is 2.78. The minimum absolute atomic E-state index is 0.0520. The Labute approximate surface area is 187 Å². The van der Waals surface area contributed by atoms with E-state index >= 15 is 0 Å². The number of rotatable bonds is 4. The second kappa shape index (κ2) is 9.54. The van der Waals surface area contributed by atoms with Gasteiger partial charge < -0.3 is 14.5 Å². The molecule has 32 heavy (non-hydrogen) atoms. The van der Waals surface area contributed by atoms with E-state index in [1.807, 2.05) is 35.2 Å². The highest BCUT2D eigenvalue weighted by molar-refractivity contribution is 5.76. The van der Waals surface area contributed by atoms with E-state index in [0.29, 0.717) is 18.5 Å². The van der Waals surface area contributed by atoms with E-state index in [4.69, 9.17) is 4.74 Å². The second-order valence-electron chi connectivity index (χ2n) is 8.75. The van der Waals surface area contributed by atoms with Crippen molar-refractivity contribution in [1.82, 2.24) is 19.6 Å². The van der Waals surface area contributed by atoms with Gasteiger partial charge in [0, 0.05) is 36.7 Å². The minimum atomic E-state index is -0.410. The highest BCUT2D eigenvalue weighted by atomic mass is 16.6. The molecule has 1 aromatic carbocycles. The average molecular weight is 439 g/mol. The molecule has 1 saturated heterocycles. The maximum absolute atomic E-state index is 12.9. The summed E-state index contributed by atoms with van der Waals surface area (Å²) >= 11 is 0. The number of ether oxygens (including phenoxy) is 1. The molecule has 1 fully saturated rings. The lowest BCUT2D eigenvalue weighted by molar-refractivity contribution is -0.138. The van der Waals surface area contributed by atoms with E-state index < -0.39 is 6.09 Å². The van der Waals surface area contributed by atoms with Crippen molar-refractivity contribution in [2.75, 3.05) is 6.54 Å². The van der Waals surface area contributed by atoms with Crippen LogP contribution < -0.4 is 5.56 Å². The fourth-order valence-corrected chi connectivity index (χ4v) is 4.64. The summed E-state index contributed by atoms with van der Waals surface area (Å²) in [7, 11) is 0. The van der Waals surface area contributed by atoms with Gasteiger partial charge in [0.05, 0.1) is 12.2 Å². The van der Waals surface area contributed by atoms with Crippen LogP contribution in [0.25, 0.3) is 0 Å². The van der Waals surface area contributed by atoms with Crippen LogP contribution in [0, 0.1) is 0 Å². The van der Waals surface area contributed by atoms with Crippen LogP contribution in [0.5, 0.6) is 0 Å². The summed E-state index contributed by atoms with van der Waals surface area (Å²) in [5.74, 6) is -0.0684. The lowest BCUT2D eigenvalue weighted by Crippen LogP contribution is -2.49. The normalized spacial score (nSPS) is 20.6. The Hall–Kier alpha value is -3.16. The van der Waals surface area contributed by atoms with Crippen LogP contribution in [0.3, 0.4) is 0 Å². The second-order valence-corrected chi connectivity index (χ2v) is 8.75. The van der Waals surface area contributed by atoms with Crippen LogP contribution >= 0.6 is 0 Å². The van der Waals surface area contributed by atoms with Gasteiger partial charge >= 0.3 is 6.09 Å². The third kappa shape index (κ3) is 4.84. The number of carbonyl (C=O) groups excluding carboxylic acids is 2. The van der Waals surface area contributed by atoms with E-state index in [9.17, 15) is 14.4 Å². The smallest absolute Gasteiger partial charge is 0.410 e. The molecule has 2 amide bonds. The van der Waals surface area contributed by atoms with Crippen molar-refractivity contribution in [2.24, 2.45) is 0 Å². The van der Waals surface area contributed by atoms with Crippen LogP contribution in [0.15, 0.2) is 41.2 Å². The molecule has 2 aromatic rings. The number of hydrogen-bond donors (Lipinski definition) is 0. The monoisotopic (exact) mass is 438 g/mol. The lowest BCUT2D eigenvalue weighted by Gasteiger charge is -2.39. The summed E-state index contributed by atoms with van der Waals surface area (Å²) in [5, 5.41) is 4.46. The van der Waals surface area contributed by atoms with Crippen LogP contribution in [0.4, 0.5) is 4.79 Å². The number of amides is 2. The van der Waals surface area contributed by atoms with Gasteiger partial charge in [-0.2, -0.15) is 5.10 Å². The first kappa shape index (κ1) is 22.0. The van der Waals surface area contributed by atoms with Gasteiger partial charge in [-0.3, -0.25) is 9.59 Å². The van der Waals surface area contributed by atoms with E-state index in [2.05, 4.69) is 18.9 Å². The van der Waals surface area contributed by atoms with Gasteiger partial charge in [-0.25, -0.2) is 9.48 Å². The number of fused-ring (bicyclic) bond motifs is 1. The molecular weight excluding hydrogens is 408 g/mol. The molecule has 0 spiro atoms. The molecule has 8 nitrogen and oxygen atoms in total. The molecule has 2 unspecified atom stereocenters. The Kier molecular flexibility index (Phi) is 6.58. The van der Waals surface area contributed by atoms with E-state index in [-0.39, 0.29) is 43.2 Å². The van der Waals surface area contributed by atoms with E-state index in [0.717, 1.165) is 30.5 Å². The molecule has 3 heterocycles. The standard InChI is InChI=1S/C24H30N4O4/c1-17-7-6-8-18(2)28(17)23(30)15-27-22(29)13-20-14-26(12-11-21(20)25-27)24(31)32-16-19-9-4-3-5-10-19/h3-5,9-10,13,17-18H,6-8,11-12,14-16H2,1-2H3. The maximum Gasteiger partial charge on any atom is 0.410 e. The molecule has 0 radical (unpaired) electrons. The quantitative estimate of drug-likeness (QED) is 0.733. The Morgan fingerprint density at radius 1 is 1.12 bits per heavy atom. The molecule has 8 heteroatoms. The van der Waals surface area contributed by atoms with Gasteiger partial charge in [-0.05, 0) is 38.7 Å². The zero-order valence-corrected chi connectivity index (χ0v) is 18.7. The maximum atomic E-state index is 12.9. The summed E-state index contributed by atoms with van der Waals surface area (Å²) in [5.41, 5.74) is 2.06. The van der Waals surface area contributed by atoms with Crippen molar-refractivity contribution in [3.63, 3.8) is 0 Å². The predicted octanol–water partition coefficient (Wildman–Crippen LogP) is 2.73. The summed E-state index contributed by atoms with van der Waals surface area (Å²) in [4.78, 5) is 41.5. The number of carbonyl (C=O) groups is 2. The fraction of sp³-hybridized carbons (Fsp3) is 0.500. The van der Waals surface area contributed by atoms with Crippen molar-refractivity contribution >= 4 is 12.0 Å². The first-order chi connectivity index (χ1) is 15.4. The molecule has 0 N–H and O–H groups in total. The van der Waals surface area contributed by atoms with Crippen molar-refractivity contribution in [1.29, 1.82) is 0 Å². The first-order valence-corrected chi connectivity index (χ1v) is 11.3. The number of benzene rings is 1. The van der Waals surface area contributed by atoms with E-state index in [1.165, 1.54) is 10.7 Å². The molecular formula is C24H30N4O4. The molecule has 2 aliphatic heterocycles. The number of likely N-dealkylation sites (tertiary alicyclic amines) is 1. The topological polar surface area (TPSA) is 84.7 Å². The molecule has 0 saturated carbocycles. The van der Waals surface area contributed by atoms with Crippen molar-refractivity contribution in [2.45, 2.75) is 71.3 Å². The summed E-state index contributed by atoms with van der Waals surface area (Å²) < 4.78 is 6.67. The molecule has 2 atom stereocenters. The van der Waals surface area contributed by atoms with Crippen molar-refractivity contribution < 1.29 is 14.3 Å². The number of aromatic nitrogens is 2. The van der Waals surface area contributed by atoms with Gasteiger partial charge in [-0.1, -0.05) is 30.3 Å². The molecule has 170 valence electrons. The van der Waals surface area contributed by atoms with Gasteiger partial charge in [-0.15, -0.1) is 0 Å². The first-order valence-electron chi connectivity index (χ1n) is 11.3. The van der Waals surface area contributed by atoms with Crippen LogP contribution in [0.2, 0.25) is 0 Å². The van der Waals surface area contributed by atoms with Crippen molar-refractivity contribution in [3.05, 3.63) is 63.6 Å². The molecule has 4 rings (SSSR count). The molecule has 0 aliphatic carbocycles.